The smallest absolute Gasteiger partial charge is 0.478 e. The summed E-state index contributed by atoms with van der Waals surface area (Å²) in [6.45, 7) is 3.02. The van der Waals surface area contributed by atoms with Crippen LogP contribution >= 0.6 is 0 Å². The van der Waals surface area contributed by atoms with Gasteiger partial charge >= 0.3 is 24.1 Å². The number of urea groups is 1. The molecule has 248 valence electrons. The van der Waals surface area contributed by atoms with Gasteiger partial charge in [-0.25, -0.2) is 18.8 Å². The molecule has 1 aliphatic rings. The monoisotopic (exact) mass is 649 g/mol. The van der Waals surface area contributed by atoms with Gasteiger partial charge in [0.25, 0.3) is 0 Å². The third-order valence-corrected chi connectivity index (χ3v) is 7.04. The third kappa shape index (κ3) is 11.7. The summed E-state index contributed by atoms with van der Waals surface area (Å²) in [4.78, 5) is 39.3. The van der Waals surface area contributed by atoms with Gasteiger partial charge in [0.15, 0.2) is 0 Å². The summed E-state index contributed by atoms with van der Waals surface area (Å²) >= 11 is 0. The predicted molar refractivity (Wildman–Crippen MR) is 159 cm³/mol. The molecule has 46 heavy (non-hydrogen) atoms. The van der Waals surface area contributed by atoms with E-state index in [1.54, 1.807) is 48.5 Å². The Balaban J connectivity index is 0.000000738. The van der Waals surface area contributed by atoms with Gasteiger partial charge in [0.1, 0.15) is 5.82 Å². The van der Waals surface area contributed by atoms with Crippen LogP contribution in [0.2, 0.25) is 0 Å². The maximum absolute atomic E-state index is 13.6. The minimum atomic E-state index is -5.08. The number of anilines is 1. The zero-order chi connectivity index (χ0) is 33.7. The quantitative estimate of drug-likeness (QED) is 0.202. The van der Waals surface area contributed by atoms with Gasteiger partial charge in [-0.15, -0.1) is 0 Å². The van der Waals surface area contributed by atoms with E-state index in [4.69, 9.17) is 19.4 Å². The number of aliphatic carboxylic acids is 1. The summed E-state index contributed by atoms with van der Waals surface area (Å²) in [5, 5.41) is 19.4. The standard InChI is InChI=1S/C30H34FN3O5.C2HF3O2/c1-21-6-2-8-23(28(21)29(35)36)20-39-27-12-4-11-26(17-27)38-15-14-34(19-22-7-5-13-32-18-22)30(37)33-25-10-3-9-24(31)16-25;3-2(4,5)1(6)7/h2-3,5-10,13,16,18,26-27H,4,11-12,14-15,17,19-20H2,1H3,(H,33,37)(H,35,36);(H,6,7)/t26-,27+;/m1./s1. The first-order valence-corrected chi connectivity index (χ1v) is 14.4. The maximum Gasteiger partial charge on any atom is 0.490 e. The molecule has 1 aliphatic carbocycles. The van der Waals surface area contributed by atoms with Crippen LogP contribution in [0.25, 0.3) is 0 Å². The molecule has 4 rings (SSSR count). The average Bonchev–Trinajstić information content (AvgIpc) is 3.00. The average molecular weight is 650 g/mol. The van der Waals surface area contributed by atoms with Crippen LogP contribution in [0.5, 0.6) is 0 Å². The predicted octanol–water partition coefficient (Wildman–Crippen LogP) is 6.44. The Labute approximate surface area is 263 Å². The minimum Gasteiger partial charge on any atom is -0.478 e. The Bertz CT molecular complexity index is 1460. The molecule has 3 aromatic rings. The van der Waals surface area contributed by atoms with E-state index >= 15 is 0 Å². The van der Waals surface area contributed by atoms with Gasteiger partial charge in [0, 0.05) is 31.2 Å². The van der Waals surface area contributed by atoms with Crippen molar-refractivity contribution in [1.29, 1.82) is 0 Å². The van der Waals surface area contributed by atoms with E-state index < -0.39 is 23.9 Å². The van der Waals surface area contributed by atoms with Crippen LogP contribution in [0.4, 0.5) is 28.0 Å². The summed E-state index contributed by atoms with van der Waals surface area (Å²) < 4.78 is 57.6. The zero-order valence-corrected chi connectivity index (χ0v) is 25.0. The Morgan fingerprint density at radius 3 is 2.35 bits per heavy atom. The highest BCUT2D eigenvalue weighted by molar-refractivity contribution is 5.91. The van der Waals surface area contributed by atoms with Crippen LogP contribution in [0.15, 0.2) is 67.0 Å². The lowest BCUT2D eigenvalue weighted by Gasteiger charge is -2.30. The summed E-state index contributed by atoms with van der Waals surface area (Å²) in [5.41, 5.74) is 2.93. The van der Waals surface area contributed by atoms with Crippen LogP contribution in [-0.2, 0) is 27.4 Å². The number of carboxylic acid groups (broad SMARTS) is 2. The van der Waals surface area contributed by atoms with Crippen LogP contribution in [0.3, 0.4) is 0 Å². The van der Waals surface area contributed by atoms with Gasteiger partial charge in [-0.3, -0.25) is 4.98 Å². The van der Waals surface area contributed by atoms with E-state index in [0.29, 0.717) is 48.5 Å². The normalized spacial score (nSPS) is 16.1. The van der Waals surface area contributed by atoms with Crippen molar-refractivity contribution in [1.82, 2.24) is 9.88 Å². The van der Waals surface area contributed by atoms with Crippen molar-refractivity contribution in [3.05, 3.63) is 95.1 Å². The number of carbonyl (C=O) groups is 3. The summed E-state index contributed by atoms with van der Waals surface area (Å²) in [7, 11) is 0. The van der Waals surface area contributed by atoms with E-state index in [-0.39, 0.29) is 24.8 Å². The van der Waals surface area contributed by atoms with Crippen LogP contribution in [-0.4, -0.2) is 69.6 Å². The van der Waals surface area contributed by atoms with E-state index in [2.05, 4.69) is 10.3 Å². The Hall–Kier alpha value is -4.56. The number of alkyl halides is 3. The number of aromatic nitrogens is 1. The van der Waals surface area contributed by atoms with Crippen molar-refractivity contribution in [2.24, 2.45) is 0 Å². The molecule has 2 amide bonds. The topological polar surface area (TPSA) is 138 Å². The highest BCUT2D eigenvalue weighted by Crippen LogP contribution is 2.26. The number of benzene rings is 2. The molecule has 0 saturated heterocycles. The maximum atomic E-state index is 13.6. The van der Waals surface area contributed by atoms with Crippen molar-refractivity contribution in [3.8, 4) is 0 Å². The van der Waals surface area contributed by atoms with E-state index in [0.717, 1.165) is 24.8 Å². The molecule has 0 radical (unpaired) electrons. The second kappa shape index (κ2) is 17.2. The van der Waals surface area contributed by atoms with Crippen molar-refractivity contribution < 1.29 is 51.6 Å². The number of amides is 2. The number of carboxylic acids is 2. The fourth-order valence-electron chi connectivity index (χ4n) is 4.83. The number of carbonyl (C=O) groups excluding carboxylic acids is 1. The highest BCUT2D eigenvalue weighted by Gasteiger charge is 2.38. The molecule has 1 heterocycles. The van der Waals surface area contributed by atoms with E-state index in [1.165, 1.54) is 12.1 Å². The summed E-state index contributed by atoms with van der Waals surface area (Å²) in [6.07, 6.45) is 1.66. The Morgan fingerprint density at radius 1 is 1.02 bits per heavy atom. The molecule has 2 atom stereocenters. The van der Waals surface area contributed by atoms with Crippen LogP contribution < -0.4 is 5.32 Å². The van der Waals surface area contributed by atoms with E-state index in [9.17, 15) is 32.3 Å². The number of hydrogen-bond acceptors (Lipinski definition) is 6. The van der Waals surface area contributed by atoms with Crippen LogP contribution in [0.1, 0.15) is 52.7 Å². The molecular formula is C32H35F4N3O7. The number of rotatable bonds is 11. The number of aromatic carboxylic acids is 1. The molecule has 2 aromatic carbocycles. The number of ether oxygens (including phenoxy) is 2. The number of nitrogens with zero attached hydrogens (tertiary/aromatic N) is 2. The number of nitrogens with one attached hydrogen (secondary N) is 1. The number of hydrogen-bond donors (Lipinski definition) is 3. The fraction of sp³-hybridized carbons (Fsp3) is 0.375. The lowest BCUT2D eigenvalue weighted by molar-refractivity contribution is -0.192. The molecule has 14 heteroatoms. The van der Waals surface area contributed by atoms with Crippen LogP contribution in [0, 0.1) is 12.7 Å². The first-order valence-electron chi connectivity index (χ1n) is 14.4. The zero-order valence-electron chi connectivity index (χ0n) is 25.0. The second-order valence-electron chi connectivity index (χ2n) is 10.5. The minimum absolute atomic E-state index is 0.0215. The lowest BCUT2D eigenvalue weighted by atomic mass is 9.94. The fourth-order valence-corrected chi connectivity index (χ4v) is 4.83. The van der Waals surface area contributed by atoms with Gasteiger partial charge in [-0.2, -0.15) is 13.2 Å². The molecule has 1 aromatic heterocycles. The van der Waals surface area contributed by atoms with Gasteiger partial charge in [0.05, 0.1) is 31.0 Å². The van der Waals surface area contributed by atoms with Gasteiger partial charge in [-0.05, 0) is 73.6 Å². The first-order chi connectivity index (χ1) is 21.8. The van der Waals surface area contributed by atoms with Gasteiger partial charge < -0.3 is 29.9 Å². The lowest BCUT2D eigenvalue weighted by Crippen LogP contribution is -2.38. The largest absolute Gasteiger partial charge is 0.490 e. The molecule has 10 nitrogen and oxygen atoms in total. The summed E-state index contributed by atoms with van der Waals surface area (Å²) in [6, 6.07) is 14.5. The van der Waals surface area contributed by atoms with Crippen molar-refractivity contribution in [2.75, 3.05) is 18.5 Å². The molecular weight excluding hydrogens is 614 g/mol. The number of pyridine rings is 1. The molecule has 1 fully saturated rings. The third-order valence-electron chi connectivity index (χ3n) is 7.04. The molecule has 0 bridgehead atoms. The second-order valence-corrected chi connectivity index (χ2v) is 10.5. The molecule has 0 aliphatic heterocycles. The highest BCUT2D eigenvalue weighted by atomic mass is 19.4. The molecule has 1 saturated carbocycles. The SMILES string of the molecule is Cc1cccc(CO[C@H]2CCC[C@@H](OCCN(Cc3cccnc3)C(=O)Nc3cccc(F)c3)C2)c1C(=O)O.O=C(O)C(F)(F)F. The number of halogens is 4. The number of aryl methyl sites for hydroxylation is 1. The Morgan fingerprint density at radius 2 is 1.72 bits per heavy atom. The molecule has 0 unspecified atom stereocenters. The van der Waals surface area contributed by atoms with Crippen molar-refractivity contribution >= 4 is 23.7 Å². The van der Waals surface area contributed by atoms with Crippen molar-refractivity contribution in [3.63, 3.8) is 0 Å². The van der Waals surface area contributed by atoms with Gasteiger partial charge in [0.2, 0.25) is 0 Å². The summed E-state index contributed by atoms with van der Waals surface area (Å²) in [5.74, 6) is -4.13. The Kier molecular flexibility index (Phi) is 13.4. The van der Waals surface area contributed by atoms with E-state index in [1.807, 2.05) is 18.2 Å². The first kappa shape index (κ1) is 35.9. The van der Waals surface area contributed by atoms with Crippen molar-refractivity contribution in [2.45, 2.75) is 64.1 Å². The molecule has 0 spiro atoms. The molecule has 3 N–H and O–H groups in total. The van der Waals surface area contributed by atoms with Gasteiger partial charge in [-0.1, -0.05) is 30.3 Å².